The van der Waals surface area contributed by atoms with Gasteiger partial charge in [-0.3, -0.25) is 0 Å². The molecule has 1 unspecified atom stereocenters. The molecule has 7 heteroatoms. The molecule has 0 amide bonds. The molecule has 4 nitrogen and oxygen atoms in total. The molecule has 0 fully saturated rings. The van der Waals surface area contributed by atoms with Crippen LogP contribution in [0.25, 0.3) is 4.91 Å². The lowest BCUT2D eigenvalue weighted by Gasteiger charge is -2.13. The molecule has 3 rings (SSSR count). The topological polar surface area (TPSA) is 78.4 Å². The van der Waals surface area contributed by atoms with E-state index in [1.165, 1.54) is 10.8 Å². The highest BCUT2D eigenvalue weighted by Crippen LogP contribution is 2.51. The molecule has 0 aromatic heterocycles. The molecule has 0 radical (unpaired) electrons. The number of allylic oxidation sites excluding steroid dienone is 1. The van der Waals surface area contributed by atoms with E-state index in [4.69, 9.17) is 3.74 Å². The van der Waals surface area contributed by atoms with Gasteiger partial charge in [0.1, 0.15) is 3.74 Å². The SMILES string of the molecule is [O-][Cl+3]([O-])([O-])OS1=C(c2ccccc2)C=C(c2ccccc2)S1. The van der Waals surface area contributed by atoms with Gasteiger partial charge in [-0.05, 0) is 28.0 Å². The molecule has 2 aromatic carbocycles. The third kappa shape index (κ3) is 3.80. The van der Waals surface area contributed by atoms with E-state index in [9.17, 15) is 14.0 Å². The summed E-state index contributed by atoms with van der Waals surface area (Å²) in [6.07, 6.45) is 1.87. The fourth-order valence-electron chi connectivity index (χ4n) is 1.95. The van der Waals surface area contributed by atoms with Gasteiger partial charge in [0.2, 0.25) is 0 Å². The molecule has 0 saturated carbocycles. The van der Waals surface area contributed by atoms with Crippen molar-refractivity contribution in [2.24, 2.45) is 0 Å². The average Bonchev–Trinajstić information content (AvgIpc) is 2.91. The van der Waals surface area contributed by atoms with Crippen LogP contribution in [0.15, 0.2) is 66.7 Å². The highest BCUT2D eigenvalue weighted by molar-refractivity contribution is 8.85. The van der Waals surface area contributed by atoms with Crippen molar-refractivity contribution < 1.29 is 28.0 Å². The Kier molecular flexibility index (Phi) is 4.70. The summed E-state index contributed by atoms with van der Waals surface area (Å²) in [4.78, 5) is 1.57. The number of hydrogen-bond acceptors (Lipinski definition) is 5. The minimum absolute atomic E-state index is 0.691. The summed E-state index contributed by atoms with van der Waals surface area (Å²) in [5, 5.41) is 0. The highest BCUT2D eigenvalue weighted by Gasteiger charge is 2.31. The van der Waals surface area contributed by atoms with Crippen molar-refractivity contribution in [2.75, 3.05) is 0 Å². The lowest BCUT2D eigenvalue weighted by Crippen LogP contribution is -2.60. The Morgan fingerprint density at radius 1 is 0.818 bits per heavy atom. The van der Waals surface area contributed by atoms with Crippen molar-refractivity contribution in [1.82, 2.24) is 0 Å². The number of hydrogen-bond donors (Lipinski definition) is 0. The van der Waals surface area contributed by atoms with E-state index >= 15 is 0 Å². The number of rotatable bonds is 4. The summed E-state index contributed by atoms with van der Waals surface area (Å²) >= 11 is 0. The highest BCUT2D eigenvalue weighted by atomic mass is 35.7. The second-order valence-electron chi connectivity index (χ2n) is 4.36. The Labute approximate surface area is 136 Å². The number of benzene rings is 2. The summed E-state index contributed by atoms with van der Waals surface area (Å²) in [5.41, 5.74) is 1.79. The van der Waals surface area contributed by atoms with E-state index in [0.717, 1.165) is 16.0 Å². The van der Waals surface area contributed by atoms with Crippen molar-refractivity contribution in [3.05, 3.63) is 77.9 Å². The lowest BCUT2D eigenvalue weighted by molar-refractivity contribution is -1.91. The molecular formula is C15H11ClO4S2. The molecule has 1 aliphatic rings. The first-order valence-electron chi connectivity index (χ1n) is 6.26. The van der Waals surface area contributed by atoms with Crippen LogP contribution in [0.5, 0.6) is 0 Å². The van der Waals surface area contributed by atoms with Gasteiger partial charge >= 0.3 is 0 Å². The van der Waals surface area contributed by atoms with Crippen molar-refractivity contribution in [2.45, 2.75) is 0 Å². The van der Waals surface area contributed by atoms with Crippen molar-refractivity contribution in [3.8, 4) is 0 Å². The van der Waals surface area contributed by atoms with Crippen LogP contribution in [0.1, 0.15) is 11.1 Å². The molecule has 1 heterocycles. The predicted octanol–water partition coefficient (Wildman–Crippen LogP) is 1.01. The molecule has 0 N–H and O–H groups in total. The minimum Gasteiger partial charge on any atom is -0.182 e. The maximum Gasteiger partial charge on any atom is 0.180 e. The van der Waals surface area contributed by atoms with Crippen LogP contribution in [0.3, 0.4) is 0 Å². The van der Waals surface area contributed by atoms with Gasteiger partial charge in [-0.15, -0.1) is 0 Å². The Balaban J connectivity index is 1.99. The van der Waals surface area contributed by atoms with Crippen LogP contribution in [-0.4, -0.2) is 4.86 Å². The first-order valence-corrected chi connectivity index (χ1v) is 9.98. The fourth-order valence-corrected chi connectivity index (χ4v) is 6.58. The maximum absolute atomic E-state index is 11.0. The molecule has 0 spiro atoms. The summed E-state index contributed by atoms with van der Waals surface area (Å²) in [7, 11) is -4.43. The predicted molar refractivity (Wildman–Crippen MR) is 81.2 cm³/mol. The van der Waals surface area contributed by atoms with Crippen molar-refractivity contribution in [1.29, 1.82) is 0 Å². The summed E-state index contributed by atoms with van der Waals surface area (Å²) in [6, 6.07) is 18.9. The first-order chi connectivity index (χ1) is 10.5. The Morgan fingerprint density at radius 3 is 1.91 bits per heavy atom. The second-order valence-corrected chi connectivity index (χ2v) is 8.55. The quantitative estimate of drug-likeness (QED) is 0.604. The zero-order chi connectivity index (χ0) is 15.6. The number of halogens is 1. The Morgan fingerprint density at radius 2 is 1.36 bits per heavy atom. The Bertz CT molecular complexity index is 724. The summed E-state index contributed by atoms with van der Waals surface area (Å²) < 4.78 is 37.6. The third-order valence-electron chi connectivity index (χ3n) is 2.86. The summed E-state index contributed by atoms with van der Waals surface area (Å²) in [6.45, 7) is 0. The summed E-state index contributed by atoms with van der Waals surface area (Å²) in [5.74, 6) is 0. The normalized spacial score (nSPS) is 18.4. The van der Waals surface area contributed by atoms with Crippen molar-refractivity contribution >= 4 is 30.4 Å². The van der Waals surface area contributed by atoms with E-state index in [0.29, 0.717) is 4.86 Å². The monoisotopic (exact) mass is 354 g/mol. The van der Waals surface area contributed by atoms with Gasteiger partial charge in [-0.25, -0.2) is 0 Å². The molecule has 22 heavy (non-hydrogen) atoms. The second kappa shape index (κ2) is 6.55. The average molecular weight is 355 g/mol. The Hall–Kier alpha value is -1.12. The molecule has 0 bridgehead atoms. The first kappa shape index (κ1) is 15.8. The van der Waals surface area contributed by atoms with Crippen LogP contribution in [0.4, 0.5) is 0 Å². The van der Waals surface area contributed by atoms with Gasteiger partial charge in [-0.2, -0.15) is 14.0 Å². The van der Waals surface area contributed by atoms with E-state index in [2.05, 4.69) is 0 Å². The molecule has 1 atom stereocenters. The van der Waals surface area contributed by atoms with E-state index in [-0.39, 0.29) is 0 Å². The van der Waals surface area contributed by atoms with E-state index < -0.39 is 20.0 Å². The van der Waals surface area contributed by atoms with E-state index in [1.54, 1.807) is 0 Å². The fraction of sp³-hybridized carbons (Fsp3) is 0. The molecule has 114 valence electrons. The minimum atomic E-state index is -4.48. The molecule has 1 aliphatic heterocycles. The van der Waals surface area contributed by atoms with Crippen molar-refractivity contribution in [3.63, 3.8) is 0 Å². The van der Waals surface area contributed by atoms with Gasteiger partial charge in [0.05, 0.1) is 15.1 Å². The maximum atomic E-state index is 11.0. The van der Waals surface area contributed by atoms with Crippen LogP contribution in [0.2, 0.25) is 0 Å². The van der Waals surface area contributed by atoms with Crippen LogP contribution < -0.4 is 14.0 Å². The largest absolute Gasteiger partial charge is 0.182 e. The lowest BCUT2D eigenvalue weighted by atomic mass is 10.1. The van der Waals surface area contributed by atoms with Gasteiger partial charge in [0, 0.05) is 4.91 Å². The third-order valence-corrected chi connectivity index (χ3v) is 7.32. The van der Waals surface area contributed by atoms with Gasteiger partial charge in [0.25, 0.3) is 0 Å². The molecule has 0 aliphatic carbocycles. The van der Waals surface area contributed by atoms with Gasteiger partial charge in [0.15, 0.2) is 9.80 Å². The van der Waals surface area contributed by atoms with E-state index in [1.807, 2.05) is 66.7 Å². The standard InChI is InChI=1S/C15H11ClO4S2/c17-16(18,19)20-22-15(13-9-5-2-6-10-13)11-14(21-22)12-7-3-1-4-8-12/h1-11H. The molecular weight excluding hydrogens is 344 g/mol. The molecule has 2 aromatic rings. The van der Waals surface area contributed by atoms with Crippen LogP contribution in [0, 0.1) is 10.2 Å². The smallest absolute Gasteiger partial charge is 0.180 e. The molecule has 0 saturated heterocycles. The zero-order valence-corrected chi connectivity index (χ0v) is 13.6. The van der Waals surface area contributed by atoms with Crippen LogP contribution in [-0.2, 0) is 3.74 Å². The van der Waals surface area contributed by atoms with Gasteiger partial charge < -0.3 is 0 Å². The van der Waals surface area contributed by atoms with Crippen LogP contribution >= 0.6 is 20.6 Å². The zero-order valence-electron chi connectivity index (χ0n) is 11.2. The van der Waals surface area contributed by atoms with Gasteiger partial charge in [-0.1, -0.05) is 60.7 Å².